The summed E-state index contributed by atoms with van der Waals surface area (Å²) in [6.45, 7) is 2.07. The van der Waals surface area contributed by atoms with E-state index in [1.807, 2.05) is 36.4 Å². The zero-order valence-corrected chi connectivity index (χ0v) is 17.8. The van der Waals surface area contributed by atoms with E-state index < -0.39 is 0 Å². The van der Waals surface area contributed by atoms with Crippen molar-refractivity contribution in [3.8, 4) is 16.6 Å². The van der Waals surface area contributed by atoms with Crippen LogP contribution in [0.2, 0.25) is 0 Å². The number of nitriles is 1. The van der Waals surface area contributed by atoms with Crippen molar-refractivity contribution < 1.29 is 4.79 Å². The second-order valence-electron chi connectivity index (χ2n) is 7.58. The van der Waals surface area contributed by atoms with E-state index in [1.165, 1.54) is 17.0 Å². The highest BCUT2D eigenvalue weighted by atomic mass is 32.1. The maximum Gasteiger partial charge on any atom is 0.275 e. The molecule has 0 bridgehead atoms. The van der Waals surface area contributed by atoms with Crippen molar-refractivity contribution >= 4 is 28.6 Å². The Morgan fingerprint density at radius 1 is 1.27 bits per heavy atom. The molecule has 1 saturated heterocycles. The molecular formula is C23H23N5OS. The number of hydrogen-bond acceptors (Lipinski definition) is 6. The average Bonchev–Trinajstić information content (AvgIpc) is 3.45. The van der Waals surface area contributed by atoms with E-state index in [2.05, 4.69) is 40.3 Å². The highest BCUT2D eigenvalue weighted by Gasteiger charge is 2.24. The second kappa shape index (κ2) is 8.66. The van der Waals surface area contributed by atoms with Crippen molar-refractivity contribution in [1.29, 1.82) is 5.26 Å². The van der Waals surface area contributed by atoms with E-state index in [1.54, 1.807) is 17.5 Å². The van der Waals surface area contributed by atoms with Crippen LogP contribution in [0.15, 0.2) is 53.9 Å². The molecule has 2 aromatic carbocycles. The number of nitrogens with one attached hydrogen (secondary N) is 1. The molecule has 0 spiro atoms. The Morgan fingerprint density at radius 3 is 2.77 bits per heavy atom. The van der Waals surface area contributed by atoms with Gasteiger partial charge >= 0.3 is 0 Å². The molecule has 4 rings (SSSR count). The van der Waals surface area contributed by atoms with E-state index in [4.69, 9.17) is 5.26 Å². The first-order chi connectivity index (χ1) is 14.5. The van der Waals surface area contributed by atoms with Gasteiger partial charge < -0.3 is 15.1 Å². The maximum absolute atomic E-state index is 12.6. The molecule has 1 aromatic heterocycles. The minimum atomic E-state index is -0.240. The van der Waals surface area contributed by atoms with Gasteiger partial charge in [0.05, 0.1) is 11.6 Å². The molecular weight excluding hydrogens is 394 g/mol. The topological polar surface area (TPSA) is 72.3 Å². The van der Waals surface area contributed by atoms with Gasteiger partial charge in [0.2, 0.25) is 0 Å². The number of amides is 1. The Balaban J connectivity index is 1.41. The van der Waals surface area contributed by atoms with Crippen LogP contribution in [0.5, 0.6) is 0 Å². The van der Waals surface area contributed by atoms with Gasteiger partial charge in [-0.1, -0.05) is 12.1 Å². The number of anilines is 2. The molecule has 3 aromatic rings. The van der Waals surface area contributed by atoms with Crippen LogP contribution < -0.4 is 10.2 Å². The summed E-state index contributed by atoms with van der Waals surface area (Å²) in [6.07, 6.45) is 1.16. The van der Waals surface area contributed by atoms with Gasteiger partial charge in [-0.2, -0.15) is 5.26 Å². The summed E-state index contributed by atoms with van der Waals surface area (Å²) in [5, 5.41) is 14.4. The third-order valence-corrected chi connectivity index (χ3v) is 6.25. The van der Waals surface area contributed by atoms with E-state index in [9.17, 15) is 4.79 Å². The fraction of sp³-hybridized carbons (Fsp3) is 0.261. The first-order valence-corrected chi connectivity index (χ1v) is 10.7. The van der Waals surface area contributed by atoms with Crippen molar-refractivity contribution in [2.75, 3.05) is 37.4 Å². The summed E-state index contributed by atoms with van der Waals surface area (Å²) in [5.41, 5.74) is 3.70. The summed E-state index contributed by atoms with van der Waals surface area (Å²) in [7, 11) is 4.24. The van der Waals surface area contributed by atoms with Crippen molar-refractivity contribution in [2.24, 2.45) is 0 Å². The van der Waals surface area contributed by atoms with Crippen LogP contribution >= 0.6 is 11.3 Å². The van der Waals surface area contributed by atoms with Gasteiger partial charge in [-0.25, -0.2) is 4.98 Å². The predicted octanol–water partition coefficient (Wildman–Crippen LogP) is 4.07. The molecule has 1 atom stereocenters. The van der Waals surface area contributed by atoms with Gasteiger partial charge in [0.1, 0.15) is 10.7 Å². The monoisotopic (exact) mass is 417 g/mol. The Labute approximate surface area is 180 Å². The molecule has 1 amide bonds. The average molecular weight is 418 g/mol. The molecule has 2 heterocycles. The highest BCUT2D eigenvalue weighted by molar-refractivity contribution is 7.13. The Hall–Kier alpha value is -3.21. The standard InChI is InChI=1S/C23H23N5OS/c1-27(2)20-10-11-28(14-20)19-8-6-18(7-9-19)25-22(29)21-15-30-23(26-21)17-5-3-4-16(12-17)13-24/h3-9,12,15,20H,10-11,14H2,1-2H3,(H,25,29). The van der Waals surface area contributed by atoms with E-state index in [0.717, 1.165) is 35.8 Å². The van der Waals surface area contributed by atoms with Gasteiger partial charge in [-0.15, -0.1) is 11.3 Å². The first-order valence-electron chi connectivity index (χ1n) is 9.82. The van der Waals surface area contributed by atoms with Crippen LogP contribution in [-0.2, 0) is 0 Å². The summed E-state index contributed by atoms with van der Waals surface area (Å²) in [6, 6.07) is 17.9. The Morgan fingerprint density at radius 2 is 2.07 bits per heavy atom. The molecule has 7 heteroatoms. The Kier molecular flexibility index (Phi) is 5.79. The molecule has 1 aliphatic heterocycles. The molecule has 0 radical (unpaired) electrons. The zero-order chi connectivity index (χ0) is 21.1. The number of carbonyl (C=O) groups is 1. The number of thiazole rings is 1. The third kappa shape index (κ3) is 4.35. The zero-order valence-electron chi connectivity index (χ0n) is 17.0. The summed E-state index contributed by atoms with van der Waals surface area (Å²) >= 11 is 1.39. The fourth-order valence-corrected chi connectivity index (χ4v) is 4.38. The predicted molar refractivity (Wildman–Crippen MR) is 121 cm³/mol. The van der Waals surface area contributed by atoms with Crippen LogP contribution in [0.3, 0.4) is 0 Å². The lowest BCUT2D eigenvalue weighted by Crippen LogP contribution is -2.31. The smallest absolute Gasteiger partial charge is 0.275 e. The van der Waals surface area contributed by atoms with E-state index >= 15 is 0 Å². The summed E-state index contributed by atoms with van der Waals surface area (Å²) in [5.74, 6) is -0.240. The number of hydrogen-bond donors (Lipinski definition) is 1. The van der Waals surface area contributed by atoms with Crippen LogP contribution in [0.4, 0.5) is 11.4 Å². The van der Waals surface area contributed by atoms with Crippen LogP contribution in [0, 0.1) is 11.3 Å². The molecule has 152 valence electrons. The molecule has 0 saturated carbocycles. The van der Waals surface area contributed by atoms with Gasteiger partial charge in [0, 0.05) is 41.4 Å². The van der Waals surface area contributed by atoms with Crippen molar-refractivity contribution in [3.05, 3.63) is 65.2 Å². The lowest BCUT2D eigenvalue weighted by Gasteiger charge is -2.22. The summed E-state index contributed by atoms with van der Waals surface area (Å²) < 4.78 is 0. The lowest BCUT2D eigenvalue weighted by molar-refractivity contribution is 0.102. The number of benzene rings is 2. The summed E-state index contributed by atoms with van der Waals surface area (Å²) in [4.78, 5) is 21.7. The van der Waals surface area contributed by atoms with Crippen LogP contribution in [-0.4, -0.2) is 49.0 Å². The molecule has 1 fully saturated rings. The van der Waals surface area contributed by atoms with Gasteiger partial charge in [0.15, 0.2) is 0 Å². The number of nitrogens with zero attached hydrogens (tertiary/aromatic N) is 4. The van der Waals surface area contributed by atoms with Gasteiger partial charge in [0.25, 0.3) is 5.91 Å². The molecule has 6 nitrogen and oxygen atoms in total. The largest absolute Gasteiger partial charge is 0.370 e. The van der Waals surface area contributed by atoms with Crippen molar-refractivity contribution in [2.45, 2.75) is 12.5 Å². The fourth-order valence-electron chi connectivity index (χ4n) is 3.58. The molecule has 1 unspecified atom stereocenters. The maximum atomic E-state index is 12.6. The van der Waals surface area contributed by atoms with Crippen LogP contribution in [0.25, 0.3) is 10.6 Å². The first kappa shape index (κ1) is 20.1. The molecule has 1 aliphatic rings. The highest BCUT2D eigenvalue weighted by Crippen LogP contribution is 2.26. The number of likely N-dealkylation sites (N-methyl/N-ethyl adjacent to an activating group) is 1. The molecule has 1 N–H and O–H groups in total. The number of carbonyl (C=O) groups excluding carboxylic acids is 1. The second-order valence-corrected chi connectivity index (χ2v) is 8.44. The molecule has 30 heavy (non-hydrogen) atoms. The minimum Gasteiger partial charge on any atom is -0.370 e. The SMILES string of the molecule is CN(C)C1CCN(c2ccc(NC(=O)c3csc(-c4cccc(C#N)c4)n3)cc2)C1. The molecule has 0 aliphatic carbocycles. The Bertz CT molecular complexity index is 1080. The lowest BCUT2D eigenvalue weighted by atomic mass is 10.1. The van der Waals surface area contributed by atoms with E-state index in [-0.39, 0.29) is 5.91 Å². The third-order valence-electron chi connectivity index (χ3n) is 5.36. The minimum absolute atomic E-state index is 0.240. The van der Waals surface area contributed by atoms with Crippen molar-refractivity contribution in [3.63, 3.8) is 0 Å². The van der Waals surface area contributed by atoms with Gasteiger partial charge in [-0.05, 0) is 56.9 Å². The number of rotatable bonds is 5. The quantitative estimate of drug-likeness (QED) is 0.677. The van der Waals surface area contributed by atoms with E-state index in [0.29, 0.717) is 17.3 Å². The van der Waals surface area contributed by atoms with Crippen molar-refractivity contribution in [1.82, 2.24) is 9.88 Å². The normalized spacial score (nSPS) is 15.9. The van der Waals surface area contributed by atoms with Gasteiger partial charge in [-0.3, -0.25) is 4.79 Å². The number of aromatic nitrogens is 1. The van der Waals surface area contributed by atoms with Crippen LogP contribution in [0.1, 0.15) is 22.5 Å².